The van der Waals surface area contributed by atoms with Gasteiger partial charge < -0.3 is 10.0 Å². The molecule has 26 heavy (non-hydrogen) atoms. The highest BCUT2D eigenvalue weighted by Crippen LogP contribution is 2.44. The lowest BCUT2D eigenvalue weighted by atomic mass is 9.92. The van der Waals surface area contributed by atoms with Crippen LogP contribution in [-0.2, 0) is 16.0 Å². The summed E-state index contributed by atoms with van der Waals surface area (Å²) in [5, 5.41) is 12.7. The van der Waals surface area contributed by atoms with E-state index < -0.39 is 11.9 Å². The first-order valence-corrected chi connectivity index (χ1v) is 9.98. The monoisotopic (exact) mass is 390 g/mol. The van der Waals surface area contributed by atoms with Crippen molar-refractivity contribution in [2.45, 2.75) is 19.3 Å². The second kappa shape index (κ2) is 7.00. The minimum absolute atomic E-state index is 0.0459. The van der Waals surface area contributed by atoms with Crippen molar-refractivity contribution in [2.24, 2.45) is 17.8 Å². The lowest BCUT2D eigenvalue weighted by molar-refractivity contribution is -0.142. The number of hydrogen-bond acceptors (Lipinski definition) is 4. The van der Waals surface area contributed by atoms with Crippen LogP contribution in [0.15, 0.2) is 29.6 Å². The van der Waals surface area contributed by atoms with Crippen LogP contribution < -0.4 is 0 Å². The zero-order valence-electron chi connectivity index (χ0n) is 14.1. The summed E-state index contributed by atoms with van der Waals surface area (Å²) in [5.74, 6) is -0.687. The Balaban J connectivity index is 1.44. The fourth-order valence-corrected chi connectivity index (χ4v) is 4.85. The second-order valence-corrected chi connectivity index (χ2v) is 8.31. The van der Waals surface area contributed by atoms with Crippen LogP contribution in [0, 0.1) is 17.8 Å². The summed E-state index contributed by atoms with van der Waals surface area (Å²) in [6.45, 7) is 0.874. The smallest absolute Gasteiger partial charge is 0.308 e. The van der Waals surface area contributed by atoms with E-state index >= 15 is 0 Å². The molecule has 1 saturated heterocycles. The van der Waals surface area contributed by atoms with Gasteiger partial charge >= 0.3 is 5.97 Å². The molecule has 136 valence electrons. The zero-order valence-corrected chi connectivity index (χ0v) is 15.7. The number of thiazole rings is 1. The minimum Gasteiger partial charge on any atom is -0.481 e. The molecule has 2 aliphatic rings. The van der Waals surface area contributed by atoms with Gasteiger partial charge in [-0.2, -0.15) is 0 Å². The Bertz CT molecular complexity index is 849. The van der Waals surface area contributed by atoms with Crippen LogP contribution in [0.5, 0.6) is 0 Å². The maximum absolute atomic E-state index is 12.7. The summed E-state index contributed by atoms with van der Waals surface area (Å²) in [5.41, 5.74) is 1.57. The summed E-state index contributed by atoms with van der Waals surface area (Å²) in [6.07, 6.45) is 2.37. The van der Waals surface area contributed by atoms with Crippen LogP contribution in [0.2, 0.25) is 5.02 Å². The lowest BCUT2D eigenvalue weighted by Gasteiger charge is -2.15. The molecule has 1 aromatic carbocycles. The molecule has 1 N–H and O–H groups in total. The second-order valence-electron chi connectivity index (χ2n) is 7.05. The molecule has 0 radical (unpaired) electrons. The number of carboxylic acid groups (broad SMARTS) is 1. The van der Waals surface area contributed by atoms with Gasteiger partial charge in [-0.15, -0.1) is 11.3 Å². The fraction of sp³-hybridized carbons (Fsp3) is 0.421. The fourth-order valence-electron chi connectivity index (χ4n) is 3.71. The van der Waals surface area contributed by atoms with Crippen molar-refractivity contribution in [2.75, 3.05) is 13.1 Å². The molecule has 2 aromatic rings. The zero-order chi connectivity index (χ0) is 18.3. The van der Waals surface area contributed by atoms with Gasteiger partial charge in [0.05, 0.1) is 23.1 Å². The molecule has 1 aliphatic carbocycles. The number of carbonyl (C=O) groups is 2. The van der Waals surface area contributed by atoms with Gasteiger partial charge in [-0.25, -0.2) is 4.98 Å². The Morgan fingerprint density at radius 2 is 2.04 bits per heavy atom. The van der Waals surface area contributed by atoms with Gasteiger partial charge in [0.25, 0.3) is 0 Å². The summed E-state index contributed by atoms with van der Waals surface area (Å²) in [7, 11) is 0. The number of likely N-dealkylation sites (tertiary alicyclic amines) is 1. The molecule has 0 spiro atoms. The number of carboxylic acids is 1. The summed E-state index contributed by atoms with van der Waals surface area (Å²) in [6, 6.07) is 7.50. The van der Waals surface area contributed by atoms with Crippen molar-refractivity contribution < 1.29 is 14.7 Å². The molecule has 1 aromatic heterocycles. The Hall–Kier alpha value is -1.92. The predicted octanol–water partition coefficient (Wildman–Crippen LogP) is 3.58. The van der Waals surface area contributed by atoms with E-state index in [0.29, 0.717) is 29.7 Å². The third kappa shape index (κ3) is 3.48. The van der Waals surface area contributed by atoms with Crippen molar-refractivity contribution in [1.29, 1.82) is 0 Å². The molecular formula is C19H19ClN2O3S. The maximum Gasteiger partial charge on any atom is 0.308 e. The van der Waals surface area contributed by atoms with E-state index in [1.165, 1.54) is 11.3 Å². The Morgan fingerprint density at radius 3 is 2.73 bits per heavy atom. The van der Waals surface area contributed by atoms with Crippen LogP contribution in [0.3, 0.4) is 0 Å². The Kier molecular flexibility index (Phi) is 4.71. The molecule has 1 saturated carbocycles. The number of hydrogen-bond donors (Lipinski definition) is 1. The minimum atomic E-state index is -0.785. The number of amides is 1. The predicted molar refractivity (Wildman–Crippen MR) is 100 cm³/mol. The first kappa shape index (κ1) is 17.5. The van der Waals surface area contributed by atoms with Crippen LogP contribution in [0.4, 0.5) is 0 Å². The Labute approximate surface area is 160 Å². The van der Waals surface area contributed by atoms with Crippen molar-refractivity contribution >= 4 is 34.8 Å². The van der Waals surface area contributed by atoms with E-state index in [9.17, 15) is 14.7 Å². The van der Waals surface area contributed by atoms with Gasteiger partial charge in [0, 0.05) is 24.0 Å². The van der Waals surface area contributed by atoms with Crippen LogP contribution in [0.25, 0.3) is 10.6 Å². The number of carbonyl (C=O) groups excluding carboxylic acids is 1. The van der Waals surface area contributed by atoms with E-state index in [2.05, 4.69) is 4.98 Å². The average molecular weight is 391 g/mol. The van der Waals surface area contributed by atoms with Gasteiger partial charge in [0.2, 0.25) is 5.91 Å². The van der Waals surface area contributed by atoms with Crippen molar-refractivity contribution in [3.8, 4) is 10.6 Å². The molecule has 1 aliphatic heterocycles. The standard InChI is InChI=1S/C19H19ClN2O3S/c20-16-4-2-1-3-13(16)18-21-12(10-26-18)7-17(23)22-8-14(11-5-6-11)15(9-22)19(24)25/h1-4,10-11,14-15H,5-9H2,(H,24,25)/t14-,15+/m1/s1. The van der Waals surface area contributed by atoms with E-state index in [4.69, 9.17) is 11.6 Å². The molecule has 4 rings (SSSR count). The van der Waals surface area contributed by atoms with E-state index in [1.807, 2.05) is 29.6 Å². The van der Waals surface area contributed by atoms with Gasteiger partial charge in [-0.1, -0.05) is 29.8 Å². The molecule has 1 amide bonds. The maximum atomic E-state index is 12.7. The van der Waals surface area contributed by atoms with Crippen molar-refractivity contribution in [3.05, 3.63) is 40.4 Å². The average Bonchev–Trinajstić information content (AvgIpc) is 3.18. The third-order valence-corrected chi connectivity index (χ3v) is 6.50. The SMILES string of the molecule is O=C(O)[C@H]1CN(C(=O)Cc2csc(-c3ccccc3Cl)n2)C[C@@H]1C1CC1. The molecular weight excluding hydrogens is 372 g/mol. The molecule has 2 fully saturated rings. The van der Waals surface area contributed by atoms with Gasteiger partial charge in [0.15, 0.2) is 0 Å². The van der Waals surface area contributed by atoms with Crippen LogP contribution in [0.1, 0.15) is 18.5 Å². The molecule has 0 unspecified atom stereocenters. The number of rotatable bonds is 5. The molecule has 0 bridgehead atoms. The normalized spacial score (nSPS) is 22.6. The molecule has 2 atom stereocenters. The lowest BCUT2D eigenvalue weighted by Crippen LogP contribution is -2.31. The van der Waals surface area contributed by atoms with Crippen molar-refractivity contribution in [3.63, 3.8) is 0 Å². The summed E-state index contributed by atoms with van der Waals surface area (Å²) >= 11 is 7.67. The first-order chi connectivity index (χ1) is 12.5. The largest absolute Gasteiger partial charge is 0.481 e. The van der Waals surface area contributed by atoms with Gasteiger partial charge in [0.1, 0.15) is 5.01 Å². The number of halogens is 1. The highest BCUT2D eigenvalue weighted by molar-refractivity contribution is 7.13. The van der Waals surface area contributed by atoms with Crippen LogP contribution in [-0.4, -0.2) is 40.0 Å². The number of aliphatic carboxylic acids is 1. The van der Waals surface area contributed by atoms with E-state index in [1.54, 1.807) is 4.90 Å². The van der Waals surface area contributed by atoms with E-state index in [-0.39, 0.29) is 18.2 Å². The third-order valence-electron chi connectivity index (χ3n) is 5.25. The summed E-state index contributed by atoms with van der Waals surface area (Å²) < 4.78 is 0. The molecule has 5 nitrogen and oxygen atoms in total. The van der Waals surface area contributed by atoms with Gasteiger partial charge in [-0.3, -0.25) is 9.59 Å². The highest BCUT2D eigenvalue weighted by atomic mass is 35.5. The quantitative estimate of drug-likeness (QED) is 0.847. The number of benzene rings is 1. The topological polar surface area (TPSA) is 70.5 Å². The first-order valence-electron chi connectivity index (χ1n) is 8.73. The number of aromatic nitrogens is 1. The number of nitrogens with zero attached hydrogens (tertiary/aromatic N) is 2. The van der Waals surface area contributed by atoms with Crippen LogP contribution >= 0.6 is 22.9 Å². The highest BCUT2D eigenvalue weighted by Gasteiger charge is 2.46. The van der Waals surface area contributed by atoms with Gasteiger partial charge in [-0.05, 0) is 30.7 Å². The summed E-state index contributed by atoms with van der Waals surface area (Å²) in [4.78, 5) is 30.4. The molecule has 7 heteroatoms. The van der Waals surface area contributed by atoms with Crippen molar-refractivity contribution in [1.82, 2.24) is 9.88 Å². The molecule has 2 heterocycles. The van der Waals surface area contributed by atoms with E-state index in [0.717, 1.165) is 23.4 Å². The Morgan fingerprint density at radius 1 is 1.27 bits per heavy atom.